The van der Waals surface area contributed by atoms with E-state index in [0.717, 1.165) is 19.3 Å². The van der Waals surface area contributed by atoms with Gasteiger partial charge in [0.25, 0.3) is 0 Å². The minimum absolute atomic E-state index is 0.0000529. The molecule has 0 amide bonds. The van der Waals surface area contributed by atoms with Gasteiger partial charge in [-0.25, -0.2) is 0 Å². The molecule has 0 aromatic carbocycles. The van der Waals surface area contributed by atoms with Crippen molar-refractivity contribution >= 4 is 5.97 Å². The maximum Gasteiger partial charge on any atom is 0.309 e. The second-order valence-corrected chi connectivity index (χ2v) is 3.41. The van der Waals surface area contributed by atoms with E-state index < -0.39 is 0 Å². The molecule has 1 fully saturated rings. The van der Waals surface area contributed by atoms with Crippen LogP contribution in [0.5, 0.6) is 0 Å². The highest BCUT2D eigenvalue weighted by Crippen LogP contribution is 2.16. The molecule has 1 saturated heterocycles. The van der Waals surface area contributed by atoms with Crippen molar-refractivity contribution < 1.29 is 14.6 Å². The molecule has 4 heteroatoms. The van der Waals surface area contributed by atoms with Crippen LogP contribution < -0.4 is 5.32 Å². The maximum absolute atomic E-state index is 11.1. The molecule has 0 spiro atoms. The monoisotopic (exact) mass is 187 g/mol. The summed E-state index contributed by atoms with van der Waals surface area (Å²) in [4.78, 5) is 11.1. The van der Waals surface area contributed by atoms with E-state index in [1.165, 1.54) is 7.11 Å². The Bertz CT molecular complexity index is 164. The highest BCUT2D eigenvalue weighted by molar-refractivity contribution is 5.72. The zero-order chi connectivity index (χ0) is 9.68. The van der Waals surface area contributed by atoms with Crippen molar-refractivity contribution in [3.8, 4) is 0 Å². The van der Waals surface area contributed by atoms with Crippen molar-refractivity contribution in [1.29, 1.82) is 0 Å². The smallest absolute Gasteiger partial charge is 0.309 e. The Kier molecular flexibility index (Phi) is 4.18. The zero-order valence-corrected chi connectivity index (χ0v) is 7.95. The van der Waals surface area contributed by atoms with E-state index in [9.17, 15) is 4.79 Å². The zero-order valence-electron chi connectivity index (χ0n) is 7.95. The molecule has 0 aliphatic carbocycles. The third kappa shape index (κ3) is 2.97. The minimum Gasteiger partial charge on any atom is -0.469 e. The molecule has 0 radical (unpaired) electrons. The van der Waals surface area contributed by atoms with Crippen LogP contribution in [0.4, 0.5) is 0 Å². The topological polar surface area (TPSA) is 58.6 Å². The number of rotatable bonds is 3. The van der Waals surface area contributed by atoms with Crippen LogP contribution in [0.15, 0.2) is 0 Å². The first-order valence-corrected chi connectivity index (χ1v) is 4.70. The Balaban J connectivity index is 2.26. The molecule has 0 aromatic rings. The number of carbonyl (C=O) groups excluding carboxylic acids is 1. The van der Waals surface area contributed by atoms with E-state index in [-0.39, 0.29) is 18.5 Å². The van der Waals surface area contributed by atoms with Crippen molar-refractivity contribution in [2.75, 3.05) is 20.3 Å². The molecule has 0 saturated carbocycles. The van der Waals surface area contributed by atoms with E-state index in [0.29, 0.717) is 12.6 Å². The molecule has 0 bridgehead atoms. The Labute approximate surface area is 78.3 Å². The molecule has 76 valence electrons. The van der Waals surface area contributed by atoms with E-state index in [2.05, 4.69) is 10.1 Å². The average Bonchev–Trinajstić information content (AvgIpc) is 2.18. The molecule has 1 heterocycles. The second-order valence-electron chi connectivity index (χ2n) is 3.41. The lowest BCUT2D eigenvalue weighted by atomic mass is 9.93. The number of piperidine rings is 1. The Morgan fingerprint density at radius 3 is 2.85 bits per heavy atom. The maximum atomic E-state index is 11.1. The highest BCUT2D eigenvalue weighted by Gasteiger charge is 2.25. The van der Waals surface area contributed by atoms with Gasteiger partial charge in [0, 0.05) is 19.2 Å². The molecule has 1 rings (SSSR count). The van der Waals surface area contributed by atoms with Crippen LogP contribution >= 0.6 is 0 Å². The van der Waals surface area contributed by atoms with Gasteiger partial charge in [0.05, 0.1) is 13.0 Å². The van der Waals surface area contributed by atoms with Crippen LogP contribution in [-0.4, -0.2) is 37.4 Å². The summed E-state index contributed by atoms with van der Waals surface area (Å²) < 4.78 is 4.66. The molecule has 4 nitrogen and oxygen atoms in total. The summed E-state index contributed by atoms with van der Waals surface area (Å²) in [6.45, 7) is 0.887. The van der Waals surface area contributed by atoms with Gasteiger partial charge in [-0.1, -0.05) is 0 Å². The van der Waals surface area contributed by atoms with Gasteiger partial charge in [-0.2, -0.15) is 0 Å². The number of hydrogen-bond acceptors (Lipinski definition) is 4. The second kappa shape index (κ2) is 5.19. The third-order valence-corrected chi connectivity index (χ3v) is 2.53. The van der Waals surface area contributed by atoms with Gasteiger partial charge in [-0.3, -0.25) is 4.79 Å². The van der Waals surface area contributed by atoms with Gasteiger partial charge in [-0.05, 0) is 19.3 Å². The molecule has 0 aromatic heterocycles. The van der Waals surface area contributed by atoms with Gasteiger partial charge in [-0.15, -0.1) is 0 Å². The average molecular weight is 187 g/mol. The standard InChI is InChI=1S/C9H17NO3/c1-13-9(12)7-2-3-8(4-5-11)10-6-7/h7-8,10-11H,2-6H2,1H3/t7-,8-/m1/s1. The highest BCUT2D eigenvalue weighted by atomic mass is 16.5. The number of carbonyl (C=O) groups is 1. The number of nitrogens with one attached hydrogen (secondary N) is 1. The van der Waals surface area contributed by atoms with Crippen LogP contribution in [0.1, 0.15) is 19.3 Å². The van der Waals surface area contributed by atoms with Crippen LogP contribution in [0, 0.1) is 5.92 Å². The first kappa shape index (κ1) is 10.5. The molecule has 2 N–H and O–H groups in total. The Morgan fingerprint density at radius 2 is 2.38 bits per heavy atom. The summed E-state index contributed by atoms with van der Waals surface area (Å²) in [6.07, 6.45) is 2.58. The fraction of sp³-hybridized carbons (Fsp3) is 0.889. The van der Waals surface area contributed by atoms with Crippen LogP contribution in [0.2, 0.25) is 0 Å². The summed E-state index contributed by atoms with van der Waals surface area (Å²) in [7, 11) is 1.42. The fourth-order valence-electron chi connectivity index (χ4n) is 1.69. The molecule has 13 heavy (non-hydrogen) atoms. The largest absolute Gasteiger partial charge is 0.469 e. The first-order valence-electron chi connectivity index (χ1n) is 4.70. The molecule has 1 aliphatic heterocycles. The normalized spacial score (nSPS) is 28.5. The number of methoxy groups -OCH3 is 1. The van der Waals surface area contributed by atoms with Crippen molar-refractivity contribution in [3.05, 3.63) is 0 Å². The summed E-state index contributed by atoms with van der Waals surface area (Å²) in [6, 6.07) is 0.367. The summed E-state index contributed by atoms with van der Waals surface area (Å²) in [5, 5.41) is 11.9. The number of esters is 1. The number of aliphatic hydroxyl groups excluding tert-OH is 1. The van der Waals surface area contributed by atoms with E-state index >= 15 is 0 Å². The van der Waals surface area contributed by atoms with Crippen LogP contribution in [-0.2, 0) is 9.53 Å². The lowest BCUT2D eigenvalue weighted by Crippen LogP contribution is -2.42. The molecular formula is C9H17NO3. The van der Waals surface area contributed by atoms with Crippen LogP contribution in [0.25, 0.3) is 0 Å². The lowest BCUT2D eigenvalue weighted by molar-refractivity contribution is -0.146. The van der Waals surface area contributed by atoms with E-state index in [4.69, 9.17) is 5.11 Å². The van der Waals surface area contributed by atoms with Gasteiger partial charge in [0.15, 0.2) is 0 Å². The van der Waals surface area contributed by atoms with Crippen molar-refractivity contribution in [2.24, 2.45) is 5.92 Å². The van der Waals surface area contributed by atoms with E-state index in [1.54, 1.807) is 0 Å². The number of ether oxygens (including phenoxy) is 1. The third-order valence-electron chi connectivity index (χ3n) is 2.53. The summed E-state index contributed by atoms with van der Waals surface area (Å²) in [5.74, 6) is -0.130. The number of hydrogen-bond donors (Lipinski definition) is 2. The SMILES string of the molecule is COC(=O)[C@@H]1CC[C@H](CCO)NC1. The fourth-order valence-corrected chi connectivity index (χ4v) is 1.69. The molecule has 2 atom stereocenters. The van der Waals surface area contributed by atoms with Crippen molar-refractivity contribution in [2.45, 2.75) is 25.3 Å². The quantitative estimate of drug-likeness (QED) is 0.606. The lowest BCUT2D eigenvalue weighted by Gasteiger charge is -2.27. The Morgan fingerprint density at radius 1 is 1.62 bits per heavy atom. The summed E-state index contributed by atoms with van der Waals surface area (Å²) >= 11 is 0. The van der Waals surface area contributed by atoms with Gasteiger partial charge < -0.3 is 15.2 Å². The molecule has 1 aliphatic rings. The first-order chi connectivity index (χ1) is 6.27. The van der Waals surface area contributed by atoms with Gasteiger partial charge >= 0.3 is 5.97 Å². The molecular weight excluding hydrogens is 170 g/mol. The van der Waals surface area contributed by atoms with Crippen molar-refractivity contribution in [3.63, 3.8) is 0 Å². The summed E-state index contributed by atoms with van der Waals surface area (Å²) in [5.41, 5.74) is 0. The Hall–Kier alpha value is -0.610. The van der Waals surface area contributed by atoms with Crippen molar-refractivity contribution in [1.82, 2.24) is 5.32 Å². The predicted octanol–water partition coefficient (Wildman–Crippen LogP) is -0.0900. The number of aliphatic hydroxyl groups is 1. The molecule has 0 unspecified atom stereocenters. The predicted molar refractivity (Wildman–Crippen MR) is 48.2 cm³/mol. The minimum atomic E-state index is -0.130. The van der Waals surface area contributed by atoms with Gasteiger partial charge in [0.2, 0.25) is 0 Å². The van der Waals surface area contributed by atoms with E-state index in [1.807, 2.05) is 0 Å². The van der Waals surface area contributed by atoms with Gasteiger partial charge in [0.1, 0.15) is 0 Å². The van der Waals surface area contributed by atoms with Crippen LogP contribution in [0.3, 0.4) is 0 Å².